The second-order valence-corrected chi connectivity index (χ2v) is 13.1. The zero-order chi connectivity index (χ0) is 31.9. The molecule has 0 aliphatic rings. The lowest BCUT2D eigenvalue weighted by Gasteiger charge is -2.18. The van der Waals surface area contributed by atoms with Crippen LogP contribution in [-0.2, 0) is 28.2 Å². The zero-order valence-electron chi connectivity index (χ0n) is 27.6. The first kappa shape index (κ1) is 41.8. The number of unbranched alkanes of at least 4 members (excludes halogenated alkanes) is 20. The van der Waals surface area contributed by atoms with Gasteiger partial charge in [-0.15, -0.1) is 0 Å². The van der Waals surface area contributed by atoms with E-state index in [1.807, 2.05) is 0 Å². The molecular weight excluding hydrogens is 567 g/mol. The van der Waals surface area contributed by atoms with Gasteiger partial charge in [-0.2, -0.15) is 0 Å². The molecule has 0 saturated heterocycles. The molecule has 0 spiro atoms. The molecule has 2 N–H and O–H groups in total. The fraction of sp³-hybridized carbons (Fsp3) is 0.882. The van der Waals surface area contributed by atoms with Gasteiger partial charge < -0.3 is 19.3 Å². The SMILES string of the molecule is CCC/C=C/CCCCCCCCCC(=O)O[C@H](COC(=O)CCCCCCCCCCCCCCC)COP(=O)(O)O. The minimum absolute atomic E-state index is 0.210. The fourth-order valence-corrected chi connectivity index (χ4v) is 5.26. The Morgan fingerprint density at radius 1 is 0.581 bits per heavy atom. The van der Waals surface area contributed by atoms with E-state index in [0.29, 0.717) is 6.42 Å². The largest absolute Gasteiger partial charge is 0.469 e. The first-order valence-corrected chi connectivity index (χ1v) is 19.0. The standard InChI is InChI=1S/C34H65O8P/c1-3-5-7-9-11-13-15-17-19-20-22-24-26-28-33(35)40-30-32(31-41-43(37,38)39)42-34(36)29-27-25-23-21-18-16-14-12-10-8-6-4-2/h8,10,32H,3-7,9,11-31H2,1-2H3,(H2,37,38,39)/b10-8+/t32-/m1/s1. The Kier molecular flexibility index (Phi) is 29.9. The lowest BCUT2D eigenvalue weighted by Crippen LogP contribution is -2.29. The highest BCUT2D eigenvalue weighted by Crippen LogP contribution is 2.36. The summed E-state index contributed by atoms with van der Waals surface area (Å²) in [5.74, 6) is -0.886. The molecule has 0 heterocycles. The number of phosphoric acid groups is 1. The summed E-state index contributed by atoms with van der Waals surface area (Å²) >= 11 is 0. The van der Waals surface area contributed by atoms with Gasteiger partial charge in [-0.1, -0.05) is 142 Å². The summed E-state index contributed by atoms with van der Waals surface area (Å²) < 4.78 is 26.2. The van der Waals surface area contributed by atoms with Crippen LogP contribution in [0, 0.1) is 0 Å². The Morgan fingerprint density at radius 2 is 1.02 bits per heavy atom. The number of esters is 2. The second-order valence-electron chi connectivity index (χ2n) is 11.8. The van der Waals surface area contributed by atoms with Gasteiger partial charge in [0.15, 0.2) is 6.10 Å². The number of ether oxygens (including phenoxy) is 2. The lowest BCUT2D eigenvalue weighted by atomic mass is 10.0. The van der Waals surface area contributed by atoms with Gasteiger partial charge >= 0.3 is 19.8 Å². The quantitative estimate of drug-likeness (QED) is 0.0325. The molecule has 0 amide bonds. The number of hydrogen-bond acceptors (Lipinski definition) is 6. The molecule has 1 atom stereocenters. The van der Waals surface area contributed by atoms with Crippen LogP contribution >= 0.6 is 7.82 Å². The lowest BCUT2D eigenvalue weighted by molar-refractivity contribution is -0.161. The molecule has 0 fully saturated rings. The first-order chi connectivity index (χ1) is 20.8. The number of phosphoric ester groups is 1. The third kappa shape index (κ3) is 33.5. The van der Waals surface area contributed by atoms with Gasteiger partial charge in [0.05, 0.1) is 6.61 Å². The minimum atomic E-state index is -4.74. The molecule has 0 aromatic carbocycles. The van der Waals surface area contributed by atoms with Crippen LogP contribution in [0.25, 0.3) is 0 Å². The van der Waals surface area contributed by atoms with E-state index in [0.717, 1.165) is 51.4 Å². The molecule has 9 heteroatoms. The van der Waals surface area contributed by atoms with Gasteiger partial charge in [-0.3, -0.25) is 14.1 Å². The summed E-state index contributed by atoms with van der Waals surface area (Å²) in [5.41, 5.74) is 0. The Morgan fingerprint density at radius 3 is 1.51 bits per heavy atom. The van der Waals surface area contributed by atoms with E-state index >= 15 is 0 Å². The number of carbonyl (C=O) groups is 2. The highest BCUT2D eigenvalue weighted by molar-refractivity contribution is 7.46. The van der Waals surface area contributed by atoms with Gasteiger partial charge in [0.1, 0.15) is 6.61 Å². The molecule has 0 aliphatic carbocycles. The zero-order valence-corrected chi connectivity index (χ0v) is 28.5. The van der Waals surface area contributed by atoms with Gasteiger partial charge in [-0.25, -0.2) is 4.57 Å². The average molecular weight is 633 g/mol. The molecule has 8 nitrogen and oxygen atoms in total. The van der Waals surface area contributed by atoms with E-state index in [4.69, 9.17) is 19.3 Å². The van der Waals surface area contributed by atoms with Crippen molar-refractivity contribution >= 4 is 19.8 Å². The predicted octanol–water partition coefficient (Wildman–Crippen LogP) is 9.90. The van der Waals surface area contributed by atoms with Crippen molar-refractivity contribution in [1.29, 1.82) is 0 Å². The molecule has 0 saturated carbocycles. The van der Waals surface area contributed by atoms with Crippen molar-refractivity contribution in [2.45, 2.75) is 180 Å². The van der Waals surface area contributed by atoms with Crippen LogP contribution in [0.15, 0.2) is 12.2 Å². The first-order valence-electron chi connectivity index (χ1n) is 17.5. The number of carbonyl (C=O) groups excluding carboxylic acids is 2. The summed E-state index contributed by atoms with van der Waals surface area (Å²) in [6.07, 6.45) is 30.7. The summed E-state index contributed by atoms with van der Waals surface area (Å²) in [7, 11) is -4.74. The molecule has 254 valence electrons. The van der Waals surface area contributed by atoms with E-state index in [2.05, 4.69) is 30.5 Å². The van der Waals surface area contributed by atoms with Crippen LogP contribution in [0.1, 0.15) is 174 Å². The Labute approximate surface area is 263 Å². The molecule has 0 unspecified atom stereocenters. The maximum Gasteiger partial charge on any atom is 0.469 e. The van der Waals surface area contributed by atoms with Crippen molar-refractivity contribution in [3.05, 3.63) is 12.2 Å². The molecule has 0 aliphatic heterocycles. The Hall–Kier alpha value is -1.21. The van der Waals surface area contributed by atoms with Crippen LogP contribution < -0.4 is 0 Å². The third-order valence-electron chi connectivity index (χ3n) is 7.52. The second kappa shape index (κ2) is 30.8. The Bertz CT molecular complexity index is 721. The molecule has 0 rings (SSSR count). The predicted molar refractivity (Wildman–Crippen MR) is 175 cm³/mol. The van der Waals surface area contributed by atoms with Crippen LogP contribution in [-0.4, -0.2) is 41.0 Å². The third-order valence-corrected chi connectivity index (χ3v) is 8.00. The van der Waals surface area contributed by atoms with Gasteiger partial charge in [0.25, 0.3) is 0 Å². The summed E-state index contributed by atoms with van der Waals surface area (Å²) in [5, 5.41) is 0. The minimum Gasteiger partial charge on any atom is -0.462 e. The smallest absolute Gasteiger partial charge is 0.462 e. The fourth-order valence-electron chi connectivity index (χ4n) is 4.90. The van der Waals surface area contributed by atoms with Gasteiger partial charge in [0.2, 0.25) is 0 Å². The van der Waals surface area contributed by atoms with E-state index < -0.39 is 32.5 Å². The summed E-state index contributed by atoms with van der Waals surface area (Å²) in [6.45, 7) is 3.61. The number of allylic oxidation sites excluding steroid dienone is 2. The van der Waals surface area contributed by atoms with E-state index in [1.165, 1.54) is 89.9 Å². The van der Waals surface area contributed by atoms with Gasteiger partial charge in [-0.05, 0) is 32.1 Å². The van der Waals surface area contributed by atoms with Crippen molar-refractivity contribution in [3.63, 3.8) is 0 Å². The highest BCUT2D eigenvalue weighted by Gasteiger charge is 2.22. The van der Waals surface area contributed by atoms with Crippen LogP contribution in [0.4, 0.5) is 0 Å². The number of hydrogen-bond donors (Lipinski definition) is 2. The molecule has 0 aromatic heterocycles. The molecule has 0 radical (unpaired) electrons. The molecule has 0 bridgehead atoms. The normalized spacial score (nSPS) is 12.6. The topological polar surface area (TPSA) is 119 Å². The molecular formula is C34H65O8P. The van der Waals surface area contributed by atoms with E-state index in [1.54, 1.807) is 0 Å². The van der Waals surface area contributed by atoms with Crippen molar-refractivity contribution in [2.24, 2.45) is 0 Å². The number of rotatable bonds is 32. The summed E-state index contributed by atoms with van der Waals surface area (Å²) in [4.78, 5) is 42.5. The van der Waals surface area contributed by atoms with E-state index in [-0.39, 0.29) is 19.4 Å². The highest BCUT2D eigenvalue weighted by atomic mass is 31.2. The van der Waals surface area contributed by atoms with Gasteiger partial charge in [0, 0.05) is 12.8 Å². The summed E-state index contributed by atoms with van der Waals surface area (Å²) in [6, 6.07) is 0. The monoisotopic (exact) mass is 632 g/mol. The van der Waals surface area contributed by atoms with Crippen molar-refractivity contribution in [3.8, 4) is 0 Å². The van der Waals surface area contributed by atoms with Crippen molar-refractivity contribution in [2.75, 3.05) is 13.2 Å². The molecule has 0 aromatic rings. The Balaban J connectivity index is 3.98. The maximum atomic E-state index is 12.3. The average Bonchev–Trinajstić information content (AvgIpc) is 2.97. The maximum absolute atomic E-state index is 12.3. The molecule has 43 heavy (non-hydrogen) atoms. The van der Waals surface area contributed by atoms with E-state index in [9.17, 15) is 14.2 Å². The van der Waals surface area contributed by atoms with Crippen molar-refractivity contribution < 1.29 is 37.9 Å². The van der Waals surface area contributed by atoms with Crippen LogP contribution in [0.3, 0.4) is 0 Å². The van der Waals surface area contributed by atoms with Crippen LogP contribution in [0.5, 0.6) is 0 Å². The van der Waals surface area contributed by atoms with Crippen molar-refractivity contribution in [1.82, 2.24) is 0 Å². The van der Waals surface area contributed by atoms with Crippen LogP contribution in [0.2, 0.25) is 0 Å².